The van der Waals surface area contributed by atoms with E-state index in [1.807, 2.05) is 18.8 Å². The summed E-state index contributed by atoms with van der Waals surface area (Å²) in [7, 11) is 2.00. The Labute approximate surface area is 156 Å². The lowest BCUT2D eigenvalue weighted by Crippen LogP contribution is -2.21. The molecule has 1 atom stereocenters. The topological polar surface area (TPSA) is 37.0 Å². The number of fused-ring (bicyclic) bond motifs is 2. The van der Waals surface area contributed by atoms with E-state index >= 15 is 0 Å². The van der Waals surface area contributed by atoms with Crippen molar-refractivity contribution in [3.05, 3.63) is 52.9 Å². The summed E-state index contributed by atoms with van der Waals surface area (Å²) in [4.78, 5) is 7.42. The predicted octanol–water partition coefficient (Wildman–Crippen LogP) is 5.93. The fourth-order valence-electron chi connectivity index (χ4n) is 3.10. The molecule has 5 heteroatoms. The Morgan fingerprint density at radius 3 is 2.64 bits per heavy atom. The normalized spacial score (nSPS) is 13.9. The highest BCUT2D eigenvalue weighted by atomic mass is 32.2. The fourth-order valence-corrected chi connectivity index (χ4v) is 5.18. The van der Waals surface area contributed by atoms with Crippen LogP contribution in [0.5, 0.6) is 0 Å². The zero-order valence-corrected chi connectivity index (χ0v) is 16.2. The number of nitrogens with zero attached hydrogens (tertiary/aromatic N) is 1. The van der Waals surface area contributed by atoms with Gasteiger partial charge < -0.3 is 10.6 Å². The first-order valence-corrected chi connectivity index (χ1v) is 10.2. The molecule has 0 saturated heterocycles. The summed E-state index contributed by atoms with van der Waals surface area (Å²) in [5.74, 6) is 0.516. The molecule has 0 fully saturated rings. The molecule has 3 nitrogen and oxygen atoms in total. The molecular formula is C20H21N3S2. The molecule has 1 aliphatic heterocycles. The van der Waals surface area contributed by atoms with Crippen LogP contribution in [0.25, 0.3) is 11.3 Å². The van der Waals surface area contributed by atoms with Crippen molar-refractivity contribution in [1.82, 2.24) is 10.3 Å². The maximum atomic E-state index is 4.89. The number of nitrogens with one attached hydrogen (secondary N) is 2. The Morgan fingerprint density at radius 1 is 1.04 bits per heavy atom. The molecule has 128 valence electrons. The van der Waals surface area contributed by atoms with Gasteiger partial charge in [-0.1, -0.05) is 43.8 Å². The Kier molecular flexibility index (Phi) is 4.54. The van der Waals surface area contributed by atoms with Crippen molar-refractivity contribution < 1.29 is 0 Å². The van der Waals surface area contributed by atoms with Crippen LogP contribution in [0.3, 0.4) is 0 Å². The van der Waals surface area contributed by atoms with E-state index in [1.54, 1.807) is 11.3 Å². The summed E-state index contributed by atoms with van der Waals surface area (Å²) in [5, 5.41) is 10.2. The van der Waals surface area contributed by atoms with Crippen LogP contribution in [-0.4, -0.2) is 12.0 Å². The summed E-state index contributed by atoms with van der Waals surface area (Å²) in [6, 6.07) is 15.3. The van der Waals surface area contributed by atoms with E-state index in [9.17, 15) is 0 Å². The SMILES string of the molecule is CN[C@H](c1nc(-c2ccc3c(c2)Nc2ccccc2S3)cs1)C(C)C. The van der Waals surface area contributed by atoms with Gasteiger partial charge in [-0.3, -0.25) is 0 Å². The average Bonchev–Trinajstić information content (AvgIpc) is 3.09. The van der Waals surface area contributed by atoms with E-state index in [-0.39, 0.29) is 0 Å². The van der Waals surface area contributed by atoms with Gasteiger partial charge in [-0.05, 0) is 37.2 Å². The monoisotopic (exact) mass is 367 g/mol. The van der Waals surface area contributed by atoms with E-state index in [1.165, 1.54) is 15.5 Å². The Morgan fingerprint density at radius 2 is 1.84 bits per heavy atom. The van der Waals surface area contributed by atoms with Crippen LogP contribution in [0.1, 0.15) is 24.9 Å². The summed E-state index contributed by atoms with van der Waals surface area (Å²) in [6.07, 6.45) is 0. The van der Waals surface area contributed by atoms with Crippen LogP contribution in [0.15, 0.2) is 57.6 Å². The third-order valence-corrected chi connectivity index (χ3v) is 6.50. The van der Waals surface area contributed by atoms with Crippen molar-refractivity contribution in [3.8, 4) is 11.3 Å². The molecule has 2 N–H and O–H groups in total. The number of rotatable bonds is 4. The number of hydrogen-bond donors (Lipinski definition) is 2. The fraction of sp³-hybridized carbons (Fsp3) is 0.250. The van der Waals surface area contributed by atoms with Crippen molar-refractivity contribution in [2.24, 2.45) is 5.92 Å². The first kappa shape index (κ1) is 16.6. The molecule has 1 aliphatic rings. The van der Waals surface area contributed by atoms with Gasteiger partial charge >= 0.3 is 0 Å². The molecular weight excluding hydrogens is 346 g/mol. The largest absolute Gasteiger partial charge is 0.354 e. The van der Waals surface area contributed by atoms with Crippen LogP contribution in [0.2, 0.25) is 0 Å². The molecule has 2 heterocycles. The van der Waals surface area contributed by atoms with Gasteiger partial charge in [0.1, 0.15) is 5.01 Å². The maximum Gasteiger partial charge on any atom is 0.111 e. The molecule has 4 rings (SSSR count). The Bertz CT molecular complexity index is 901. The van der Waals surface area contributed by atoms with Crippen molar-refractivity contribution in [1.29, 1.82) is 0 Å². The van der Waals surface area contributed by atoms with Crippen LogP contribution in [-0.2, 0) is 0 Å². The van der Waals surface area contributed by atoms with Gasteiger partial charge in [0, 0.05) is 20.7 Å². The molecule has 0 aliphatic carbocycles. The number of benzene rings is 2. The van der Waals surface area contributed by atoms with Crippen molar-refractivity contribution in [2.75, 3.05) is 12.4 Å². The number of para-hydroxylation sites is 1. The summed E-state index contributed by atoms with van der Waals surface area (Å²) in [5.41, 5.74) is 4.54. The van der Waals surface area contributed by atoms with Gasteiger partial charge in [0.15, 0.2) is 0 Å². The molecule has 0 bridgehead atoms. The molecule has 1 aromatic heterocycles. The quantitative estimate of drug-likeness (QED) is 0.468. The Hall–Kier alpha value is -1.82. The van der Waals surface area contributed by atoms with E-state index in [4.69, 9.17) is 4.98 Å². The van der Waals surface area contributed by atoms with Crippen molar-refractivity contribution >= 4 is 34.5 Å². The predicted molar refractivity (Wildman–Crippen MR) is 108 cm³/mol. The summed E-state index contributed by atoms with van der Waals surface area (Å²) < 4.78 is 0. The van der Waals surface area contributed by atoms with Gasteiger partial charge in [-0.2, -0.15) is 0 Å². The van der Waals surface area contributed by atoms with Crippen LogP contribution in [0, 0.1) is 5.92 Å². The molecule has 0 radical (unpaired) electrons. The first-order valence-electron chi connectivity index (χ1n) is 8.46. The standard InChI is InChI=1S/C20H21N3S2/c1-12(2)19(21-3)20-23-16(11-24-20)13-8-9-18-15(10-13)22-14-6-4-5-7-17(14)25-18/h4-12,19,21-22H,1-3H3/t19-/m0/s1. The zero-order chi connectivity index (χ0) is 17.4. The van der Waals surface area contributed by atoms with Gasteiger partial charge in [-0.25, -0.2) is 4.98 Å². The lowest BCUT2D eigenvalue weighted by atomic mass is 10.1. The number of aromatic nitrogens is 1. The highest BCUT2D eigenvalue weighted by Crippen LogP contribution is 2.45. The summed E-state index contributed by atoms with van der Waals surface area (Å²) in [6.45, 7) is 4.44. The lowest BCUT2D eigenvalue weighted by molar-refractivity contribution is 0.441. The van der Waals surface area contributed by atoms with E-state index in [2.05, 4.69) is 72.3 Å². The molecule has 25 heavy (non-hydrogen) atoms. The number of anilines is 2. The van der Waals surface area contributed by atoms with Gasteiger partial charge in [0.25, 0.3) is 0 Å². The van der Waals surface area contributed by atoms with E-state index < -0.39 is 0 Å². The van der Waals surface area contributed by atoms with Crippen LogP contribution < -0.4 is 10.6 Å². The molecule has 0 amide bonds. The molecule has 2 aromatic carbocycles. The zero-order valence-electron chi connectivity index (χ0n) is 14.5. The Balaban J connectivity index is 1.64. The van der Waals surface area contributed by atoms with Gasteiger partial charge in [0.05, 0.1) is 23.1 Å². The minimum atomic E-state index is 0.303. The minimum Gasteiger partial charge on any atom is -0.354 e. The van der Waals surface area contributed by atoms with E-state index in [0.717, 1.165) is 22.0 Å². The van der Waals surface area contributed by atoms with E-state index in [0.29, 0.717) is 12.0 Å². The van der Waals surface area contributed by atoms with Crippen LogP contribution >= 0.6 is 23.1 Å². The number of hydrogen-bond acceptors (Lipinski definition) is 5. The second-order valence-corrected chi connectivity index (χ2v) is 8.49. The minimum absolute atomic E-state index is 0.303. The lowest BCUT2D eigenvalue weighted by Gasteiger charge is -2.21. The van der Waals surface area contributed by atoms with Crippen molar-refractivity contribution in [3.63, 3.8) is 0 Å². The number of thiazole rings is 1. The molecule has 0 saturated carbocycles. The molecule has 3 aromatic rings. The second kappa shape index (κ2) is 6.83. The first-order chi connectivity index (χ1) is 12.2. The maximum absolute atomic E-state index is 4.89. The van der Waals surface area contributed by atoms with Crippen LogP contribution in [0.4, 0.5) is 11.4 Å². The van der Waals surface area contributed by atoms with Crippen molar-refractivity contribution in [2.45, 2.75) is 29.7 Å². The summed E-state index contributed by atoms with van der Waals surface area (Å²) >= 11 is 3.55. The third-order valence-electron chi connectivity index (χ3n) is 4.42. The molecule has 0 spiro atoms. The second-order valence-electron chi connectivity index (χ2n) is 6.52. The van der Waals surface area contributed by atoms with Gasteiger partial charge in [-0.15, -0.1) is 11.3 Å². The highest BCUT2D eigenvalue weighted by molar-refractivity contribution is 7.99. The third kappa shape index (κ3) is 3.19. The average molecular weight is 368 g/mol. The van der Waals surface area contributed by atoms with Gasteiger partial charge in [0.2, 0.25) is 0 Å². The molecule has 0 unspecified atom stereocenters. The highest BCUT2D eigenvalue weighted by Gasteiger charge is 2.19. The smallest absolute Gasteiger partial charge is 0.111 e.